The lowest BCUT2D eigenvalue weighted by Crippen LogP contribution is -2.38. The predicted molar refractivity (Wildman–Crippen MR) is 96.3 cm³/mol. The van der Waals surface area contributed by atoms with Crippen molar-refractivity contribution in [1.29, 1.82) is 0 Å². The van der Waals surface area contributed by atoms with E-state index >= 15 is 0 Å². The molecule has 1 unspecified atom stereocenters. The normalized spacial score (nSPS) is 16.4. The highest BCUT2D eigenvalue weighted by Gasteiger charge is 2.18. The van der Waals surface area contributed by atoms with Crippen molar-refractivity contribution < 1.29 is 9.53 Å². The van der Waals surface area contributed by atoms with Crippen LogP contribution in [0, 0.1) is 0 Å². The topological polar surface area (TPSA) is 71.4 Å². The van der Waals surface area contributed by atoms with Gasteiger partial charge >= 0.3 is 6.03 Å². The van der Waals surface area contributed by atoms with E-state index in [4.69, 9.17) is 4.74 Å². The molecule has 25 heavy (non-hydrogen) atoms. The van der Waals surface area contributed by atoms with Crippen LogP contribution in [0.25, 0.3) is 0 Å². The molecular weight excluding hydrogens is 318 g/mol. The van der Waals surface area contributed by atoms with E-state index in [1.54, 1.807) is 10.9 Å². The molecule has 0 radical (unpaired) electrons. The summed E-state index contributed by atoms with van der Waals surface area (Å²) in [4.78, 5) is 14.4. The Labute approximate surface area is 148 Å². The van der Waals surface area contributed by atoms with Crippen LogP contribution in [-0.4, -0.2) is 47.0 Å². The first-order chi connectivity index (χ1) is 12.1. The van der Waals surface area contributed by atoms with Gasteiger partial charge in [0.15, 0.2) is 0 Å². The van der Waals surface area contributed by atoms with Gasteiger partial charge in [0.1, 0.15) is 0 Å². The first-order valence-electron chi connectivity index (χ1n) is 8.56. The SMILES string of the molecule is CC(c1ccc(NC(=O)NCc2cnn(C)c2)cc1)N1CCOCC1. The van der Waals surface area contributed by atoms with E-state index in [1.165, 1.54) is 5.56 Å². The van der Waals surface area contributed by atoms with E-state index in [-0.39, 0.29) is 6.03 Å². The molecule has 134 valence electrons. The van der Waals surface area contributed by atoms with Crippen LogP contribution in [0.15, 0.2) is 36.7 Å². The molecule has 1 aliphatic rings. The van der Waals surface area contributed by atoms with Crippen molar-refractivity contribution in [3.8, 4) is 0 Å². The number of aromatic nitrogens is 2. The summed E-state index contributed by atoms with van der Waals surface area (Å²) in [5.41, 5.74) is 2.98. The molecular formula is C18H25N5O2. The first-order valence-corrected chi connectivity index (χ1v) is 8.56. The molecule has 0 bridgehead atoms. The molecule has 7 nitrogen and oxygen atoms in total. The third-order valence-corrected chi connectivity index (χ3v) is 4.46. The number of urea groups is 1. The molecule has 2 heterocycles. The summed E-state index contributed by atoms with van der Waals surface area (Å²) in [7, 11) is 1.85. The average molecular weight is 343 g/mol. The third-order valence-electron chi connectivity index (χ3n) is 4.46. The number of carbonyl (C=O) groups excluding carboxylic acids is 1. The Morgan fingerprint density at radius 3 is 2.64 bits per heavy atom. The van der Waals surface area contributed by atoms with Crippen LogP contribution in [-0.2, 0) is 18.3 Å². The molecule has 0 spiro atoms. The fourth-order valence-corrected chi connectivity index (χ4v) is 2.94. The van der Waals surface area contributed by atoms with Gasteiger partial charge in [-0.3, -0.25) is 9.58 Å². The van der Waals surface area contributed by atoms with Crippen molar-refractivity contribution in [2.45, 2.75) is 19.5 Å². The predicted octanol–water partition coefficient (Wildman–Crippen LogP) is 2.13. The number of ether oxygens (including phenoxy) is 1. The maximum absolute atomic E-state index is 12.0. The highest BCUT2D eigenvalue weighted by Crippen LogP contribution is 2.22. The number of hydrogen-bond acceptors (Lipinski definition) is 4. The van der Waals surface area contributed by atoms with Gasteiger partial charge in [0, 0.05) is 50.2 Å². The molecule has 1 aliphatic heterocycles. The number of nitrogens with zero attached hydrogens (tertiary/aromatic N) is 3. The zero-order valence-corrected chi connectivity index (χ0v) is 14.7. The fraction of sp³-hybridized carbons (Fsp3) is 0.444. The minimum atomic E-state index is -0.224. The average Bonchev–Trinajstić information content (AvgIpc) is 3.06. The number of morpholine rings is 1. The molecule has 1 fully saturated rings. The van der Waals surface area contributed by atoms with Gasteiger partial charge in [-0.25, -0.2) is 4.79 Å². The summed E-state index contributed by atoms with van der Waals surface area (Å²) in [6.45, 7) is 6.15. The lowest BCUT2D eigenvalue weighted by molar-refractivity contribution is 0.0198. The second kappa shape index (κ2) is 8.13. The molecule has 1 atom stereocenters. The number of aryl methyl sites for hydroxylation is 1. The molecule has 2 aromatic rings. The van der Waals surface area contributed by atoms with Crippen LogP contribution in [0.5, 0.6) is 0 Å². The van der Waals surface area contributed by atoms with Crippen LogP contribution in [0.2, 0.25) is 0 Å². The van der Waals surface area contributed by atoms with Crippen molar-refractivity contribution in [2.24, 2.45) is 7.05 Å². The second-order valence-electron chi connectivity index (χ2n) is 6.28. The first kappa shape index (κ1) is 17.4. The Bertz CT molecular complexity index is 692. The van der Waals surface area contributed by atoms with Crippen molar-refractivity contribution in [2.75, 3.05) is 31.6 Å². The van der Waals surface area contributed by atoms with Crippen LogP contribution >= 0.6 is 0 Å². The number of hydrogen-bond donors (Lipinski definition) is 2. The molecule has 1 aromatic heterocycles. The standard InChI is InChI=1S/C18H25N5O2/c1-14(23-7-9-25-10-8-23)16-3-5-17(6-4-16)21-18(24)19-11-15-12-20-22(2)13-15/h3-6,12-14H,7-11H2,1-2H3,(H2,19,21,24). The molecule has 2 amide bonds. The third kappa shape index (κ3) is 4.80. The number of benzene rings is 1. The zero-order valence-electron chi connectivity index (χ0n) is 14.7. The maximum Gasteiger partial charge on any atom is 0.319 e. The lowest BCUT2D eigenvalue weighted by atomic mass is 10.1. The number of nitrogens with one attached hydrogen (secondary N) is 2. The van der Waals surface area contributed by atoms with Gasteiger partial charge in [0.05, 0.1) is 19.4 Å². The monoisotopic (exact) mass is 343 g/mol. The summed E-state index contributed by atoms with van der Waals surface area (Å²) in [5.74, 6) is 0. The molecule has 1 aromatic carbocycles. The van der Waals surface area contributed by atoms with Gasteiger partial charge in [0.25, 0.3) is 0 Å². The van der Waals surface area contributed by atoms with Crippen molar-refractivity contribution in [3.63, 3.8) is 0 Å². The number of rotatable bonds is 5. The minimum Gasteiger partial charge on any atom is -0.379 e. The van der Waals surface area contributed by atoms with E-state index < -0.39 is 0 Å². The zero-order chi connectivity index (χ0) is 17.6. The number of carbonyl (C=O) groups is 1. The van der Waals surface area contributed by atoms with Crippen LogP contribution in [0.4, 0.5) is 10.5 Å². The Balaban J connectivity index is 1.50. The van der Waals surface area contributed by atoms with Crippen LogP contribution < -0.4 is 10.6 Å². The fourth-order valence-electron chi connectivity index (χ4n) is 2.94. The Morgan fingerprint density at radius 2 is 2.00 bits per heavy atom. The van der Waals surface area contributed by atoms with Gasteiger partial charge in [-0.15, -0.1) is 0 Å². The van der Waals surface area contributed by atoms with Gasteiger partial charge in [-0.1, -0.05) is 12.1 Å². The summed E-state index contributed by atoms with van der Waals surface area (Å²) in [6, 6.07) is 8.13. The van der Waals surface area contributed by atoms with E-state index in [1.807, 2.05) is 25.4 Å². The Morgan fingerprint density at radius 1 is 1.28 bits per heavy atom. The molecule has 7 heteroatoms. The number of anilines is 1. The van der Waals surface area contributed by atoms with Crippen LogP contribution in [0.3, 0.4) is 0 Å². The van der Waals surface area contributed by atoms with Crippen LogP contribution in [0.1, 0.15) is 24.1 Å². The highest BCUT2D eigenvalue weighted by atomic mass is 16.5. The Hall–Kier alpha value is -2.38. The molecule has 0 saturated carbocycles. The van der Waals surface area contributed by atoms with E-state index in [9.17, 15) is 4.79 Å². The van der Waals surface area contributed by atoms with E-state index in [0.717, 1.165) is 37.6 Å². The summed E-state index contributed by atoms with van der Waals surface area (Å²) < 4.78 is 7.12. The molecule has 0 aliphatic carbocycles. The molecule has 3 rings (SSSR count). The summed E-state index contributed by atoms with van der Waals surface area (Å²) >= 11 is 0. The number of amides is 2. The van der Waals surface area contributed by atoms with Gasteiger partial charge < -0.3 is 15.4 Å². The van der Waals surface area contributed by atoms with Gasteiger partial charge in [-0.2, -0.15) is 5.10 Å². The quantitative estimate of drug-likeness (QED) is 0.872. The molecule has 2 N–H and O–H groups in total. The summed E-state index contributed by atoms with van der Waals surface area (Å²) in [5, 5.41) is 9.75. The highest BCUT2D eigenvalue weighted by molar-refractivity contribution is 5.89. The van der Waals surface area contributed by atoms with Crippen molar-refractivity contribution in [1.82, 2.24) is 20.0 Å². The van der Waals surface area contributed by atoms with E-state index in [2.05, 4.69) is 39.7 Å². The Kier molecular flexibility index (Phi) is 5.67. The van der Waals surface area contributed by atoms with Gasteiger partial charge in [-0.05, 0) is 24.6 Å². The molecule has 1 saturated heterocycles. The maximum atomic E-state index is 12.0. The minimum absolute atomic E-state index is 0.224. The lowest BCUT2D eigenvalue weighted by Gasteiger charge is -2.32. The second-order valence-corrected chi connectivity index (χ2v) is 6.28. The summed E-state index contributed by atoms with van der Waals surface area (Å²) in [6.07, 6.45) is 3.62. The van der Waals surface area contributed by atoms with Crippen molar-refractivity contribution >= 4 is 11.7 Å². The van der Waals surface area contributed by atoms with E-state index in [0.29, 0.717) is 12.6 Å². The van der Waals surface area contributed by atoms with Crippen molar-refractivity contribution in [3.05, 3.63) is 47.8 Å². The largest absolute Gasteiger partial charge is 0.379 e. The van der Waals surface area contributed by atoms with Gasteiger partial charge in [0.2, 0.25) is 0 Å². The smallest absolute Gasteiger partial charge is 0.319 e.